The Balaban J connectivity index is 0. The fraction of sp³-hybridized carbons (Fsp3) is 0. The molecule has 0 spiro atoms. The van der Waals surface area contributed by atoms with Crippen LogP contribution in [-0.2, 0) is 0 Å². The van der Waals surface area contributed by atoms with Gasteiger partial charge in [0.25, 0.3) is 0 Å². The van der Waals surface area contributed by atoms with E-state index in [0.29, 0.717) is 0 Å². The average Bonchev–Trinajstić information content (AvgIpc) is 0.811. The maximum atomic E-state index is 8.87. The molecular formula is H3CeN2O2. The van der Waals surface area contributed by atoms with E-state index in [1.165, 1.54) is 0 Å². The van der Waals surface area contributed by atoms with E-state index in [1.807, 2.05) is 0 Å². The molecule has 4 nitrogen and oxygen atoms in total. The van der Waals surface area contributed by atoms with Crippen molar-refractivity contribution < 1.29 is 40.9 Å². The molecule has 0 aliphatic rings. The van der Waals surface area contributed by atoms with Gasteiger partial charge in [0.15, 0.2) is 0 Å². The molecule has 5 heavy (non-hydrogen) atoms. The van der Waals surface area contributed by atoms with Gasteiger partial charge >= 0.3 is 51.0 Å². The van der Waals surface area contributed by atoms with Crippen molar-refractivity contribution in [2.24, 2.45) is 0 Å². The van der Waals surface area contributed by atoms with E-state index >= 15 is 0 Å². The van der Waals surface area contributed by atoms with Gasteiger partial charge in [-0.3, -0.25) is 0 Å². The van der Waals surface area contributed by atoms with Gasteiger partial charge in [-0.05, 0) is 0 Å². The summed E-state index contributed by atoms with van der Waals surface area (Å²) in [5, 5.41) is 8.87. The van der Waals surface area contributed by atoms with Crippen LogP contribution in [0.4, 0.5) is 0 Å². The summed E-state index contributed by atoms with van der Waals surface area (Å²) < 4.78 is -0.361. The summed E-state index contributed by atoms with van der Waals surface area (Å²) in [6.07, 6.45) is 0. The van der Waals surface area contributed by atoms with Gasteiger partial charge in [-0.25, -0.2) is 0 Å². The van der Waals surface area contributed by atoms with Crippen molar-refractivity contribution in [1.29, 1.82) is 0 Å². The van der Waals surface area contributed by atoms with Gasteiger partial charge < -0.3 is 6.15 Å². The van der Waals surface area contributed by atoms with E-state index in [9.17, 15) is 0 Å². The molecule has 0 aromatic rings. The molecular weight excluding hydrogens is 200 g/mol. The molecule has 0 aromatic carbocycles. The SMILES string of the molecule is N.O=[N+]([O-])[Ce]. The van der Waals surface area contributed by atoms with Crippen molar-refractivity contribution in [3.8, 4) is 0 Å². The minimum absolute atomic E-state index is 0. The Bertz CT molecular complexity index is 30.6. The molecule has 0 amide bonds. The van der Waals surface area contributed by atoms with Crippen molar-refractivity contribution in [3.63, 3.8) is 0 Å². The third-order valence-electron chi connectivity index (χ3n) is 0. The number of nitro groups is 1. The monoisotopic (exact) mass is 203 g/mol. The van der Waals surface area contributed by atoms with Crippen LogP contribution in [0, 0.1) is 50.2 Å². The summed E-state index contributed by atoms with van der Waals surface area (Å²) in [4.78, 5) is 8.87. The predicted molar refractivity (Wildman–Crippen MR) is 12.0 cm³/mol. The standard InChI is InChI=1S/Ce.NO2.H3N/c;2-1-3;/h;;1H3. The Morgan fingerprint density at radius 1 is 1.80 bits per heavy atom. The third-order valence-corrected chi connectivity index (χ3v) is 0. The van der Waals surface area contributed by atoms with E-state index in [1.54, 1.807) is 0 Å². The molecule has 5 heteroatoms. The summed E-state index contributed by atoms with van der Waals surface area (Å²) in [5.41, 5.74) is 0. The second kappa shape index (κ2) is 4.74. The number of hydrogen-bond donors (Lipinski definition) is 1. The molecule has 0 saturated carbocycles. The van der Waals surface area contributed by atoms with Gasteiger partial charge in [-0.1, -0.05) is 0 Å². The molecule has 0 heterocycles. The second-order valence-corrected chi connectivity index (χ2v) is 1.40. The van der Waals surface area contributed by atoms with Gasteiger partial charge in [0.05, 0.1) is 0 Å². The first-order valence-electron chi connectivity index (χ1n) is 0.589. The molecule has 3 N–H and O–H groups in total. The zero-order valence-corrected chi connectivity index (χ0v) is 5.61. The molecule has 0 radical (unpaired) electrons. The predicted octanol–water partition coefficient (Wildman–Crippen LogP) is -0.111. The molecule has 0 aromatic heterocycles. The molecule has 0 fully saturated rings. The molecule has 0 aliphatic carbocycles. The Labute approximate surface area is 56.7 Å². The van der Waals surface area contributed by atoms with Crippen LogP contribution in [0.2, 0.25) is 0 Å². The first-order valence-corrected chi connectivity index (χ1v) is 1.99. The third kappa shape index (κ3) is 65.4. The first-order chi connectivity index (χ1) is 1.73. The zero-order valence-electron chi connectivity index (χ0n) is 2.47. The van der Waals surface area contributed by atoms with Crippen LogP contribution in [0.5, 0.6) is 0 Å². The van der Waals surface area contributed by atoms with E-state index in [2.05, 4.69) is 0 Å². The van der Waals surface area contributed by atoms with Crippen LogP contribution < -0.4 is 6.15 Å². The summed E-state index contributed by atoms with van der Waals surface area (Å²) >= 11 is 0.0710. The van der Waals surface area contributed by atoms with Gasteiger partial charge in [0.2, 0.25) is 0 Å². The molecule has 0 rings (SSSR count). The average molecular weight is 203 g/mol. The van der Waals surface area contributed by atoms with E-state index in [-0.39, 0.29) is 47.1 Å². The second-order valence-electron chi connectivity index (χ2n) is 0.257. The number of hydrogen-bond acceptors (Lipinski definition) is 3. The van der Waals surface area contributed by atoms with E-state index < -0.39 is 0 Å². The van der Waals surface area contributed by atoms with Crippen molar-refractivity contribution in [1.82, 2.24) is 6.15 Å². The van der Waals surface area contributed by atoms with Gasteiger partial charge in [0, 0.05) is 0 Å². The van der Waals surface area contributed by atoms with Crippen LogP contribution in [-0.4, -0.2) is 0.886 Å². The van der Waals surface area contributed by atoms with Crippen molar-refractivity contribution in [2.75, 3.05) is 0 Å². The Hall–Kier alpha value is 0.737. The fourth-order valence-corrected chi connectivity index (χ4v) is 0. The van der Waals surface area contributed by atoms with Crippen molar-refractivity contribution in [2.45, 2.75) is 0 Å². The number of nitrogens with zero attached hydrogens (tertiary/aromatic N) is 1. The normalized spacial score (nSPS) is 4.60. The molecule has 0 bridgehead atoms. The van der Waals surface area contributed by atoms with Crippen LogP contribution in [0.3, 0.4) is 0 Å². The Morgan fingerprint density at radius 2 is 1.80 bits per heavy atom. The fourth-order valence-electron chi connectivity index (χ4n) is 0. The van der Waals surface area contributed by atoms with E-state index in [4.69, 9.17) is 10.1 Å². The van der Waals surface area contributed by atoms with Gasteiger partial charge in [-0.2, -0.15) is 0 Å². The Kier molecular flexibility index (Phi) is 8.73. The van der Waals surface area contributed by atoms with E-state index in [0.717, 1.165) is 0 Å². The topological polar surface area (TPSA) is 78.1 Å². The molecule has 29 valence electrons. The molecule has 0 aliphatic heterocycles. The van der Waals surface area contributed by atoms with Crippen molar-refractivity contribution >= 4 is 0 Å². The maximum absolute atomic E-state index is 8.87. The first kappa shape index (κ1) is 9.22. The van der Waals surface area contributed by atoms with Crippen LogP contribution in [0.25, 0.3) is 0 Å². The summed E-state index contributed by atoms with van der Waals surface area (Å²) in [5.74, 6) is 0. The van der Waals surface area contributed by atoms with Crippen LogP contribution >= 0.6 is 0 Å². The van der Waals surface area contributed by atoms with Crippen molar-refractivity contribution in [3.05, 3.63) is 10.1 Å². The summed E-state index contributed by atoms with van der Waals surface area (Å²) in [7, 11) is 0. The van der Waals surface area contributed by atoms with Gasteiger partial charge in [0.1, 0.15) is 0 Å². The summed E-state index contributed by atoms with van der Waals surface area (Å²) in [6, 6.07) is 0. The minimum atomic E-state index is -0.361. The molecule has 0 saturated heterocycles. The summed E-state index contributed by atoms with van der Waals surface area (Å²) in [6.45, 7) is 0. The van der Waals surface area contributed by atoms with Crippen LogP contribution in [0.15, 0.2) is 0 Å². The molecule has 0 atom stereocenters. The van der Waals surface area contributed by atoms with Gasteiger partial charge in [-0.15, -0.1) is 0 Å². The molecule has 0 unspecified atom stereocenters. The van der Waals surface area contributed by atoms with Crippen LogP contribution in [0.1, 0.15) is 0 Å². The quantitative estimate of drug-likeness (QED) is 0.440. The Morgan fingerprint density at radius 3 is 1.80 bits per heavy atom. The number of rotatable bonds is 0. The zero-order chi connectivity index (χ0) is 3.58.